The van der Waals surface area contributed by atoms with Crippen LogP contribution in [-0.4, -0.2) is 49.5 Å². The summed E-state index contributed by atoms with van der Waals surface area (Å²) in [7, 11) is -3.86. The Hall–Kier alpha value is -2.94. The Morgan fingerprint density at radius 2 is 1.65 bits per heavy atom. The minimum Gasteiger partial charge on any atom is -0.350 e. The largest absolute Gasteiger partial charge is 0.350 e. The molecule has 0 radical (unpaired) electrons. The topological polar surface area (TPSA) is 86.8 Å². The van der Waals surface area contributed by atoms with E-state index in [-0.39, 0.29) is 18.1 Å². The second kappa shape index (κ2) is 11.0. The number of aryl methyl sites for hydroxylation is 1. The Morgan fingerprint density at radius 3 is 2.15 bits per heavy atom. The van der Waals surface area contributed by atoms with Crippen molar-refractivity contribution in [1.82, 2.24) is 10.2 Å². The number of benzene rings is 2. The van der Waals surface area contributed by atoms with E-state index in [1.165, 1.54) is 17.0 Å². The van der Waals surface area contributed by atoms with Crippen LogP contribution in [0.25, 0.3) is 0 Å². The molecule has 0 aromatic heterocycles. The second-order valence-corrected chi connectivity index (χ2v) is 11.3. The molecule has 2 amide bonds. The zero-order valence-corrected chi connectivity index (χ0v) is 21.4. The maximum atomic E-state index is 13.6. The maximum absolute atomic E-state index is 13.6. The van der Waals surface area contributed by atoms with Gasteiger partial charge in [-0.1, -0.05) is 31.2 Å². The fourth-order valence-corrected chi connectivity index (χ4v) is 4.41. The monoisotopic (exact) mass is 491 g/mol. The molecule has 0 saturated heterocycles. The quantitative estimate of drug-likeness (QED) is 0.581. The van der Waals surface area contributed by atoms with Gasteiger partial charge in [-0.15, -0.1) is 0 Å². The Balaban J connectivity index is 2.46. The normalized spacial score (nSPS) is 12.7. The molecule has 9 heteroatoms. The molecule has 7 nitrogen and oxygen atoms in total. The molecule has 0 unspecified atom stereocenters. The summed E-state index contributed by atoms with van der Waals surface area (Å²) in [5.74, 6) is -1.37. The Labute approximate surface area is 202 Å². The van der Waals surface area contributed by atoms with Gasteiger partial charge in [-0.05, 0) is 69.5 Å². The van der Waals surface area contributed by atoms with Crippen LogP contribution in [0.4, 0.5) is 10.1 Å². The van der Waals surface area contributed by atoms with Crippen molar-refractivity contribution in [2.24, 2.45) is 0 Å². The third kappa shape index (κ3) is 7.55. The lowest BCUT2D eigenvalue weighted by Crippen LogP contribution is -2.55. The summed E-state index contributed by atoms with van der Waals surface area (Å²) in [4.78, 5) is 28.1. The number of anilines is 1. The molecule has 2 aromatic rings. The molecule has 2 rings (SSSR count). The number of amides is 2. The van der Waals surface area contributed by atoms with Gasteiger partial charge in [0.1, 0.15) is 18.4 Å². The molecule has 0 aliphatic carbocycles. The highest BCUT2D eigenvalue weighted by atomic mass is 32.2. The molecule has 0 aliphatic rings. The van der Waals surface area contributed by atoms with Crippen LogP contribution in [0, 0.1) is 12.7 Å². The van der Waals surface area contributed by atoms with E-state index in [0.29, 0.717) is 6.42 Å². The zero-order chi connectivity index (χ0) is 25.7. The molecule has 0 bridgehead atoms. The summed E-state index contributed by atoms with van der Waals surface area (Å²) in [6.07, 6.45) is 1.33. The molecule has 0 saturated carbocycles. The van der Waals surface area contributed by atoms with E-state index in [2.05, 4.69) is 5.32 Å². The molecule has 1 N–H and O–H groups in total. The van der Waals surface area contributed by atoms with Crippen molar-refractivity contribution >= 4 is 27.5 Å². The molecule has 34 heavy (non-hydrogen) atoms. The lowest BCUT2D eigenvalue weighted by atomic mass is 10.0. The van der Waals surface area contributed by atoms with Gasteiger partial charge in [-0.25, -0.2) is 12.8 Å². The summed E-state index contributed by atoms with van der Waals surface area (Å²) in [5.41, 5.74) is 1.46. The van der Waals surface area contributed by atoms with Crippen LogP contribution in [0.2, 0.25) is 0 Å². The average Bonchev–Trinajstić information content (AvgIpc) is 2.71. The smallest absolute Gasteiger partial charge is 0.244 e. The molecule has 186 valence electrons. The fourth-order valence-electron chi connectivity index (χ4n) is 3.56. The number of carbonyl (C=O) groups excluding carboxylic acids is 2. The minimum absolute atomic E-state index is 0.141. The number of halogens is 1. The second-order valence-electron chi connectivity index (χ2n) is 9.36. The minimum atomic E-state index is -3.86. The van der Waals surface area contributed by atoms with Crippen molar-refractivity contribution in [1.29, 1.82) is 0 Å². The molecule has 0 aliphatic heterocycles. The molecule has 0 spiro atoms. The highest BCUT2D eigenvalue weighted by Gasteiger charge is 2.33. The average molecular weight is 492 g/mol. The van der Waals surface area contributed by atoms with Gasteiger partial charge >= 0.3 is 0 Å². The summed E-state index contributed by atoms with van der Waals surface area (Å²) in [6, 6.07) is 11.6. The Morgan fingerprint density at radius 1 is 1.06 bits per heavy atom. The number of hydrogen-bond donors (Lipinski definition) is 1. The van der Waals surface area contributed by atoms with Gasteiger partial charge < -0.3 is 10.2 Å². The van der Waals surface area contributed by atoms with Gasteiger partial charge in [0, 0.05) is 12.1 Å². The molecular weight excluding hydrogens is 457 g/mol. The molecule has 0 fully saturated rings. The standard InChI is InChI=1S/C25H34FN3O4S/c1-7-22(24(31)27-25(3,4)5)28(16-19-11-9-8-10-18(19)2)23(30)17-29(34(6,32)33)21-14-12-20(26)13-15-21/h8-15,22H,7,16-17H2,1-6H3,(H,27,31)/t22-/m0/s1. The number of nitrogens with one attached hydrogen (secondary N) is 1. The van der Waals surface area contributed by atoms with Crippen molar-refractivity contribution < 1.29 is 22.4 Å². The number of rotatable bonds is 9. The van der Waals surface area contributed by atoms with Crippen LogP contribution in [0.15, 0.2) is 48.5 Å². The first kappa shape index (κ1) is 27.3. The number of nitrogens with zero attached hydrogens (tertiary/aromatic N) is 2. The van der Waals surface area contributed by atoms with Crippen LogP contribution in [0.5, 0.6) is 0 Å². The van der Waals surface area contributed by atoms with E-state index >= 15 is 0 Å². The van der Waals surface area contributed by atoms with Crippen LogP contribution < -0.4 is 9.62 Å². The highest BCUT2D eigenvalue weighted by molar-refractivity contribution is 7.92. The predicted molar refractivity (Wildman–Crippen MR) is 132 cm³/mol. The number of carbonyl (C=O) groups is 2. The maximum Gasteiger partial charge on any atom is 0.244 e. The van der Waals surface area contributed by atoms with E-state index < -0.39 is 39.9 Å². The van der Waals surface area contributed by atoms with Crippen molar-refractivity contribution in [3.05, 3.63) is 65.5 Å². The Bertz CT molecular complexity index is 1110. The lowest BCUT2D eigenvalue weighted by molar-refractivity contribution is -0.141. The van der Waals surface area contributed by atoms with Crippen molar-refractivity contribution in [2.45, 2.75) is 59.2 Å². The number of sulfonamides is 1. The Kier molecular flexibility index (Phi) is 8.83. The van der Waals surface area contributed by atoms with Crippen molar-refractivity contribution in [3.8, 4) is 0 Å². The van der Waals surface area contributed by atoms with Gasteiger partial charge in [0.15, 0.2) is 0 Å². The molecule has 0 heterocycles. The van der Waals surface area contributed by atoms with Crippen LogP contribution in [0.3, 0.4) is 0 Å². The molecule has 1 atom stereocenters. The molecule has 2 aromatic carbocycles. The van der Waals surface area contributed by atoms with Gasteiger partial charge in [-0.2, -0.15) is 0 Å². The molecular formula is C25H34FN3O4S. The first-order chi connectivity index (χ1) is 15.7. The van der Waals surface area contributed by atoms with Crippen LogP contribution >= 0.6 is 0 Å². The van der Waals surface area contributed by atoms with E-state index in [0.717, 1.165) is 33.8 Å². The van der Waals surface area contributed by atoms with Crippen molar-refractivity contribution in [3.63, 3.8) is 0 Å². The van der Waals surface area contributed by atoms with E-state index in [4.69, 9.17) is 0 Å². The van der Waals surface area contributed by atoms with E-state index in [1.807, 2.05) is 52.0 Å². The third-order valence-corrected chi connectivity index (χ3v) is 6.42. The number of hydrogen-bond acceptors (Lipinski definition) is 4. The SMILES string of the molecule is CC[C@@H](C(=O)NC(C)(C)C)N(Cc1ccccc1C)C(=O)CN(c1ccc(F)cc1)S(C)(=O)=O. The third-order valence-electron chi connectivity index (χ3n) is 5.28. The van der Waals surface area contributed by atoms with Gasteiger partial charge in [0.2, 0.25) is 21.8 Å². The van der Waals surface area contributed by atoms with Gasteiger partial charge in [-0.3, -0.25) is 13.9 Å². The zero-order valence-electron chi connectivity index (χ0n) is 20.6. The predicted octanol–water partition coefficient (Wildman–Crippen LogP) is 3.62. The first-order valence-electron chi connectivity index (χ1n) is 11.1. The van der Waals surface area contributed by atoms with Gasteiger partial charge in [0.25, 0.3) is 0 Å². The summed E-state index contributed by atoms with van der Waals surface area (Å²) in [6.45, 7) is 8.90. The van der Waals surface area contributed by atoms with E-state index in [1.54, 1.807) is 6.92 Å². The first-order valence-corrected chi connectivity index (χ1v) is 13.0. The highest BCUT2D eigenvalue weighted by Crippen LogP contribution is 2.21. The van der Waals surface area contributed by atoms with Crippen LogP contribution in [-0.2, 0) is 26.2 Å². The lowest BCUT2D eigenvalue weighted by Gasteiger charge is -2.34. The summed E-state index contributed by atoms with van der Waals surface area (Å²) in [5, 5.41) is 2.92. The summed E-state index contributed by atoms with van der Waals surface area (Å²) >= 11 is 0. The van der Waals surface area contributed by atoms with Crippen molar-refractivity contribution in [2.75, 3.05) is 17.1 Å². The summed E-state index contributed by atoms with van der Waals surface area (Å²) < 4.78 is 39.4. The fraction of sp³-hybridized carbons (Fsp3) is 0.440. The van der Waals surface area contributed by atoms with E-state index in [9.17, 15) is 22.4 Å². The van der Waals surface area contributed by atoms with Gasteiger partial charge in [0.05, 0.1) is 11.9 Å². The van der Waals surface area contributed by atoms with Crippen LogP contribution in [0.1, 0.15) is 45.2 Å².